The second-order valence-corrected chi connectivity index (χ2v) is 5.12. The van der Waals surface area contributed by atoms with Gasteiger partial charge in [-0.3, -0.25) is 4.79 Å². The highest BCUT2D eigenvalue weighted by Gasteiger charge is 2.26. The predicted molar refractivity (Wildman–Crippen MR) is 84.4 cm³/mol. The van der Waals surface area contributed by atoms with E-state index in [-0.39, 0.29) is 11.5 Å². The first-order chi connectivity index (χ1) is 11.0. The highest BCUT2D eigenvalue weighted by molar-refractivity contribution is 5.92. The third-order valence-electron chi connectivity index (χ3n) is 3.24. The van der Waals surface area contributed by atoms with Crippen LogP contribution in [0.1, 0.15) is 27.6 Å². The molecule has 0 saturated heterocycles. The number of hydrogen-bond donors (Lipinski definition) is 0. The lowest BCUT2D eigenvalue weighted by Crippen LogP contribution is -2.31. The lowest BCUT2D eigenvalue weighted by Gasteiger charge is -2.21. The zero-order chi connectivity index (χ0) is 16.8. The molecule has 0 bridgehead atoms. The average molecular weight is 308 g/mol. The fourth-order valence-corrected chi connectivity index (χ4v) is 1.98. The Kier molecular flexibility index (Phi) is 5.11. The normalized spacial score (nSPS) is 11.2. The molecule has 1 atom stereocenters. The number of nitrogens with zero attached hydrogens (tertiary/aromatic N) is 2. The van der Waals surface area contributed by atoms with Crippen LogP contribution in [0.3, 0.4) is 0 Å². The van der Waals surface area contributed by atoms with Crippen molar-refractivity contribution in [3.8, 4) is 6.07 Å². The molecule has 0 aromatic heterocycles. The Morgan fingerprint density at radius 3 is 2.17 bits per heavy atom. The van der Waals surface area contributed by atoms with Crippen LogP contribution in [0.25, 0.3) is 0 Å². The van der Waals surface area contributed by atoms with Crippen LogP contribution >= 0.6 is 0 Å². The summed E-state index contributed by atoms with van der Waals surface area (Å²) in [5.41, 5.74) is 1.34. The summed E-state index contributed by atoms with van der Waals surface area (Å²) < 4.78 is 5.41. The van der Waals surface area contributed by atoms with E-state index in [1.165, 1.54) is 29.2 Å². The maximum absolute atomic E-state index is 12.3. The molecule has 0 fully saturated rings. The van der Waals surface area contributed by atoms with Gasteiger partial charge in [-0.25, -0.2) is 4.79 Å². The first-order valence-electron chi connectivity index (χ1n) is 7.00. The Morgan fingerprint density at radius 1 is 1.04 bits per heavy atom. The van der Waals surface area contributed by atoms with E-state index in [1.54, 1.807) is 38.4 Å². The van der Waals surface area contributed by atoms with Crippen molar-refractivity contribution in [3.05, 3.63) is 71.3 Å². The number of benzene rings is 2. The molecular weight excluding hydrogens is 292 g/mol. The molecule has 1 amide bonds. The van der Waals surface area contributed by atoms with E-state index in [4.69, 9.17) is 10.00 Å². The van der Waals surface area contributed by atoms with Crippen LogP contribution in [-0.4, -0.2) is 30.9 Å². The summed E-state index contributed by atoms with van der Waals surface area (Å²) in [6.45, 7) is 0. The molecule has 0 aliphatic heterocycles. The molecular formula is C18H16N2O3. The maximum atomic E-state index is 12.3. The van der Waals surface area contributed by atoms with Crippen molar-refractivity contribution in [1.82, 2.24) is 4.90 Å². The Morgan fingerprint density at radius 2 is 1.65 bits per heavy atom. The topological polar surface area (TPSA) is 70.4 Å². The Bertz CT molecular complexity index is 731. The summed E-state index contributed by atoms with van der Waals surface area (Å²) in [5, 5.41) is 8.78. The van der Waals surface area contributed by atoms with Gasteiger partial charge >= 0.3 is 5.97 Å². The predicted octanol–water partition coefficient (Wildman–Crippen LogP) is 2.54. The summed E-state index contributed by atoms with van der Waals surface area (Å²) in [6.07, 6.45) is -1.01. The standard InChI is InChI=1S/C18H16N2O3/c1-20(2)17(21)16(14-6-4-3-5-7-14)23-18(22)15-10-8-13(12-19)9-11-15/h3-11,16H,1-2H3/t16-/m0/s1. The number of carbonyl (C=O) groups is 2. The summed E-state index contributed by atoms with van der Waals surface area (Å²) >= 11 is 0. The minimum atomic E-state index is -1.01. The van der Waals surface area contributed by atoms with Gasteiger partial charge in [0.25, 0.3) is 5.91 Å². The van der Waals surface area contributed by atoms with Gasteiger partial charge in [0, 0.05) is 19.7 Å². The second kappa shape index (κ2) is 7.23. The maximum Gasteiger partial charge on any atom is 0.339 e. The number of amides is 1. The van der Waals surface area contributed by atoms with Gasteiger partial charge in [0.15, 0.2) is 0 Å². The van der Waals surface area contributed by atoms with Gasteiger partial charge in [-0.15, -0.1) is 0 Å². The monoisotopic (exact) mass is 308 g/mol. The molecule has 5 heteroatoms. The van der Waals surface area contributed by atoms with Crippen molar-refractivity contribution in [2.75, 3.05) is 14.1 Å². The molecule has 23 heavy (non-hydrogen) atoms. The average Bonchev–Trinajstić information content (AvgIpc) is 2.59. The fraction of sp³-hybridized carbons (Fsp3) is 0.167. The molecule has 116 valence electrons. The number of likely N-dealkylation sites (N-methyl/N-ethyl adjacent to an activating group) is 1. The third-order valence-corrected chi connectivity index (χ3v) is 3.24. The lowest BCUT2D eigenvalue weighted by molar-refractivity contribution is -0.138. The van der Waals surface area contributed by atoms with E-state index in [1.807, 2.05) is 12.1 Å². The van der Waals surface area contributed by atoms with E-state index < -0.39 is 12.1 Å². The first-order valence-corrected chi connectivity index (χ1v) is 7.00. The zero-order valence-corrected chi connectivity index (χ0v) is 12.9. The van der Waals surface area contributed by atoms with Crippen molar-refractivity contribution in [2.24, 2.45) is 0 Å². The van der Waals surface area contributed by atoms with E-state index in [0.717, 1.165) is 0 Å². The van der Waals surface area contributed by atoms with Crippen molar-refractivity contribution >= 4 is 11.9 Å². The van der Waals surface area contributed by atoms with Crippen molar-refractivity contribution < 1.29 is 14.3 Å². The molecule has 2 aromatic carbocycles. The molecule has 0 N–H and O–H groups in total. The van der Waals surface area contributed by atoms with E-state index >= 15 is 0 Å². The zero-order valence-electron chi connectivity index (χ0n) is 12.9. The van der Waals surface area contributed by atoms with Crippen molar-refractivity contribution in [1.29, 1.82) is 5.26 Å². The number of ether oxygens (including phenoxy) is 1. The summed E-state index contributed by atoms with van der Waals surface area (Å²) in [7, 11) is 3.21. The van der Waals surface area contributed by atoms with Gasteiger partial charge in [-0.2, -0.15) is 5.26 Å². The van der Waals surface area contributed by atoms with Crippen LogP contribution in [-0.2, 0) is 9.53 Å². The summed E-state index contributed by atoms with van der Waals surface area (Å²) in [5.74, 6) is -0.934. The molecule has 0 heterocycles. The quantitative estimate of drug-likeness (QED) is 0.814. The number of rotatable bonds is 4. The lowest BCUT2D eigenvalue weighted by atomic mass is 10.1. The molecule has 0 aliphatic rings. The van der Waals surface area contributed by atoms with E-state index in [2.05, 4.69) is 0 Å². The molecule has 0 aliphatic carbocycles. The SMILES string of the molecule is CN(C)C(=O)[C@@H](OC(=O)c1ccc(C#N)cc1)c1ccccc1. The molecule has 2 rings (SSSR count). The minimum absolute atomic E-state index is 0.288. The molecule has 0 unspecified atom stereocenters. The Hall–Kier alpha value is -3.13. The van der Waals surface area contributed by atoms with Gasteiger partial charge in [0.2, 0.25) is 6.10 Å². The first kappa shape index (κ1) is 16.2. The van der Waals surface area contributed by atoms with Gasteiger partial charge in [0.05, 0.1) is 17.2 Å². The van der Waals surface area contributed by atoms with Crippen LogP contribution in [0, 0.1) is 11.3 Å². The Balaban J connectivity index is 2.25. The minimum Gasteiger partial charge on any atom is -0.444 e. The van der Waals surface area contributed by atoms with Gasteiger partial charge in [-0.05, 0) is 24.3 Å². The van der Waals surface area contributed by atoms with Crippen molar-refractivity contribution in [3.63, 3.8) is 0 Å². The largest absolute Gasteiger partial charge is 0.444 e. The molecule has 0 spiro atoms. The smallest absolute Gasteiger partial charge is 0.339 e. The van der Waals surface area contributed by atoms with Crippen LogP contribution in [0.2, 0.25) is 0 Å². The molecule has 2 aromatic rings. The number of nitriles is 1. The van der Waals surface area contributed by atoms with Crippen molar-refractivity contribution in [2.45, 2.75) is 6.10 Å². The number of carbonyl (C=O) groups excluding carboxylic acids is 2. The van der Waals surface area contributed by atoms with E-state index in [0.29, 0.717) is 11.1 Å². The van der Waals surface area contributed by atoms with E-state index in [9.17, 15) is 9.59 Å². The Labute approximate surface area is 134 Å². The van der Waals surface area contributed by atoms with Gasteiger partial charge in [-0.1, -0.05) is 30.3 Å². The van der Waals surface area contributed by atoms with Gasteiger partial charge in [0.1, 0.15) is 0 Å². The highest BCUT2D eigenvalue weighted by Crippen LogP contribution is 2.21. The van der Waals surface area contributed by atoms with Crippen LogP contribution in [0.15, 0.2) is 54.6 Å². The van der Waals surface area contributed by atoms with Crippen LogP contribution in [0.4, 0.5) is 0 Å². The molecule has 5 nitrogen and oxygen atoms in total. The highest BCUT2D eigenvalue weighted by atomic mass is 16.5. The number of esters is 1. The third kappa shape index (κ3) is 3.95. The summed E-state index contributed by atoms with van der Waals surface area (Å²) in [6, 6.07) is 16.9. The van der Waals surface area contributed by atoms with Crippen LogP contribution in [0.5, 0.6) is 0 Å². The van der Waals surface area contributed by atoms with Gasteiger partial charge < -0.3 is 9.64 Å². The molecule has 0 saturated carbocycles. The van der Waals surface area contributed by atoms with Crippen LogP contribution < -0.4 is 0 Å². The second-order valence-electron chi connectivity index (χ2n) is 5.12. The number of hydrogen-bond acceptors (Lipinski definition) is 4. The summed E-state index contributed by atoms with van der Waals surface area (Å²) in [4.78, 5) is 26.0. The fourth-order valence-electron chi connectivity index (χ4n) is 1.98. The molecule has 0 radical (unpaired) electrons.